The van der Waals surface area contributed by atoms with E-state index in [0.29, 0.717) is 12.0 Å². The molecule has 0 aliphatic heterocycles. The number of nitrogens with one attached hydrogen (secondary N) is 1. The first-order valence-electron chi connectivity index (χ1n) is 9.15. The minimum absolute atomic E-state index is 0.382. The molecule has 4 rings (SSSR count). The Morgan fingerprint density at radius 1 is 0.880 bits per heavy atom. The van der Waals surface area contributed by atoms with Crippen molar-refractivity contribution in [3.63, 3.8) is 0 Å². The summed E-state index contributed by atoms with van der Waals surface area (Å²) in [5.41, 5.74) is 5.48. The Labute approximate surface area is 149 Å². The maximum atomic E-state index is 4.47. The van der Waals surface area contributed by atoms with E-state index in [1.807, 2.05) is 12.3 Å². The van der Waals surface area contributed by atoms with Crippen molar-refractivity contribution in [2.75, 3.05) is 0 Å². The van der Waals surface area contributed by atoms with Gasteiger partial charge < -0.3 is 5.32 Å². The fourth-order valence-electron chi connectivity index (χ4n) is 3.96. The monoisotopic (exact) mass is 328 g/mol. The van der Waals surface area contributed by atoms with Crippen LogP contribution in [0.25, 0.3) is 0 Å². The second kappa shape index (κ2) is 7.62. The SMILES string of the molecule is c1ccc(C[C@@H]2CCc3ccccc3[C@H]2NCc2ccccn2)cc1. The first kappa shape index (κ1) is 16.0. The molecule has 0 saturated carbocycles. The summed E-state index contributed by atoms with van der Waals surface area (Å²) in [7, 11) is 0. The smallest absolute Gasteiger partial charge is 0.0541 e. The Morgan fingerprint density at radius 3 is 2.52 bits per heavy atom. The van der Waals surface area contributed by atoms with E-state index >= 15 is 0 Å². The fourth-order valence-corrected chi connectivity index (χ4v) is 3.96. The van der Waals surface area contributed by atoms with Crippen LogP contribution in [0, 0.1) is 5.92 Å². The molecule has 0 saturated heterocycles. The van der Waals surface area contributed by atoms with Crippen molar-refractivity contribution in [2.45, 2.75) is 31.8 Å². The summed E-state index contributed by atoms with van der Waals surface area (Å²) in [6.07, 6.45) is 5.39. The van der Waals surface area contributed by atoms with Crippen LogP contribution in [0.1, 0.15) is 34.8 Å². The summed E-state index contributed by atoms with van der Waals surface area (Å²) < 4.78 is 0. The van der Waals surface area contributed by atoms with E-state index in [1.54, 1.807) is 0 Å². The molecular formula is C23H24N2. The molecule has 0 unspecified atom stereocenters. The second-order valence-corrected chi connectivity index (χ2v) is 6.87. The molecule has 2 aromatic carbocycles. The van der Waals surface area contributed by atoms with Crippen LogP contribution < -0.4 is 5.32 Å². The highest BCUT2D eigenvalue weighted by Gasteiger charge is 2.29. The Morgan fingerprint density at radius 2 is 1.68 bits per heavy atom. The average molecular weight is 328 g/mol. The van der Waals surface area contributed by atoms with Gasteiger partial charge in [-0.2, -0.15) is 0 Å². The molecule has 2 atom stereocenters. The first-order valence-corrected chi connectivity index (χ1v) is 9.15. The average Bonchev–Trinajstić information content (AvgIpc) is 2.68. The van der Waals surface area contributed by atoms with Gasteiger partial charge in [-0.1, -0.05) is 60.7 Å². The number of hydrogen-bond acceptors (Lipinski definition) is 2. The molecule has 0 bridgehead atoms. The fraction of sp³-hybridized carbons (Fsp3) is 0.261. The lowest BCUT2D eigenvalue weighted by molar-refractivity contribution is 0.316. The maximum Gasteiger partial charge on any atom is 0.0541 e. The number of nitrogens with zero attached hydrogens (tertiary/aromatic N) is 1. The van der Waals surface area contributed by atoms with E-state index in [4.69, 9.17) is 0 Å². The van der Waals surface area contributed by atoms with Crippen molar-refractivity contribution in [3.8, 4) is 0 Å². The Hall–Kier alpha value is -2.45. The summed E-state index contributed by atoms with van der Waals surface area (Å²) in [6.45, 7) is 0.811. The van der Waals surface area contributed by atoms with Gasteiger partial charge in [0, 0.05) is 18.8 Å². The molecule has 1 N–H and O–H groups in total. The highest BCUT2D eigenvalue weighted by Crippen LogP contribution is 2.36. The van der Waals surface area contributed by atoms with Crippen molar-refractivity contribution < 1.29 is 0 Å². The van der Waals surface area contributed by atoms with Gasteiger partial charge in [-0.05, 0) is 54.0 Å². The molecule has 3 aromatic rings. The molecule has 1 aliphatic carbocycles. The van der Waals surface area contributed by atoms with Crippen LogP contribution in [0.4, 0.5) is 0 Å². The summed E-state index contributed by atoms with van der Waals surface area (Å²) in [6, 6.07) is 26.3. The van der Waals surface area contributed by atoms with Gasteiger partial charge in [-0.25, -0.2) is 0 Å². The maximum absolute atomic E-state index is 4.47. The molecule has 0 fully saturated rings. The van der Waals surface area contributed by atoms with Crippen LogP contribution in [0.3, 0.4) is 0 Å². The van der Waals surface area contributed by atoms with Gasteiger partial charge in [0.25, 0.3) is 0 Å². The number of fused-ring (bicyclic) bond motifs is 1. The van der Waals surface area contributed by atoms with E-state index < -0.39 is 0 Å². The second-order valence-electron chi connectivity index (χ2n) is 6.87. The zero-order valence-electron chi connectivity index (χ0n) is 14.4. The summed E-state index contributed by atoms with van der Waals surface area (Å²) in [5, 5.41) is 3.80. The third-order valence-corrected chi connectivity index (χ3v) is 5.22. The minimum Gasteiger partial charge on any atom is -0.304 e. The van der Waals surface area contributed by atoms with Crippen molar-refractivity contribution in [1.82, 2.24) is 10.3 Å². The lowest BCUT2D eigenvalue weighted by atomic mass is 9.77. The van der Waals surface area contributed by atoms with Crippen LogP contribution in [0.5, 0.6) is 0 Å². The summed E-state index contributed by atoms with van der Waals surface area (Å²) in [4.78, 5) is 4.47. The van der Waals surface area contributed by atoms with Gasteiger partial charge in [-0.3, -0.25) is 4.98 Å². The summed E-state index contributed by atoms with van der Waals surface area (Å²) in [5.74, 6) is 0.612. The molecule has 0 spiro atoms. The normalized spacial score (nSPS) is 19.4. The van der Waals surface area contributed by atoms with Crippen LogP contribution in [-0.2, 0) is 19.4 Å². The number of aromatic nitrogens is 1. The standard InChI is InChI=1S/C23H24N2/c1-2-8-18(9-3-1)16-20-14-13-19-10-4-5-12-22(19)23(20)25-17-21-11-6-7-15-24-21/h1-12,15,20,23,25H,13-14,16-17H2/t20-,23-/m0/s1. The Bertz CT molecular complexity index is 799. The highest BCUT2D eigenvalue weighted by molar-refractivity contribution is 5.34. The number of hydrogen-bond donors (Lipinski definition) is 1. The Balaban J connectivity index is 1.57. The van der Waals surface area contributed by atoms with Gasteiger partial charge in [0.05, 0.1) is 5.69 Å². The largest absolute Gasteiger partial charge is 0.304 e. The van der Waals surface area contributed by atoms with Gasteiger partial charge in [0.1, 0.15) is 0 Å². The topological polar surface area (TPSA) is 24.9 Å². The number of aryl methyl sites for hydroxylation is 1. The van der Waals surface area contributed by atoms with Crippen LogP contribution in [0.2, 0.25) is 0 Å². The molecule has 0 amide bonds. The van der Waals surface area contributed by atoms with E-state index in [-0.39, 0.29) is 0 Å². The van der Waals surface area contributed by atoms with E-state index in [2.05, 4.69) is 77.0 Å². The molecule has 25 heavy (non-hydrogen) atoms. The van der Waals surface area contributed by atoms with Gasteiger partial charge in [0.2, 0.25) is 0 Å². The first-order chi connectivity index (χ1) is 12.4. The minimum atomic E-state index is 0.382. The zero-order valence-corrected chi connectivity index (χ0v) is 14.4. The molecule has 126 valence electrons. The van der Waals surface area contributed by atoms with E-state index in [9.17, 15) is 0 Å². The van der Waals surface area contributed by atoms with Crippen LogP contribution in [-0.4, -0.2) is 4.98 Å². The lowest BCUT2D eigenvalue weighted by Gasteiger charge is -2.34. The molecule has 0 radical (unpaired) electrons. The Kier molecular flexibility index (Phi) is 4.89. The van der Waals surface area contributed by atoms with Crippen molar-refractivity contribution in [1.29, 1.82) is 0 Å². The molecule has 1 aliphatic rings. The van der Waals surface area contributed by atoms with Crippen molar-refractivity contribution >= 4 is 0 Å². The molecule has 1 heterocycles. The quantitative estimate of drug-likeness (QED) is 0.733. The van der Waals surface area contributed by atoms with Gasteiger partial charge >= 0.3 is 0 Å². The van der Waals surface area contributed by atoms with Crippen molar-refractivity contribution in [2.24, 2.45) is 5.92 Å². The third kappa shape index (κ3) is 3.80. The predicted octanol–water partition coefficient (Wildman–Crippen LogP) is 4.72. The van der Waals surface area contributed by atoms with Gasteiger partial charge in [0.15, 0.2) is 0 Å². The summed E-state index contributed by atoms with van der Waals surface area (Å²) >= 11 is 0. The molecule has 2 nitrogen and oxygen atoms in total. The number of rotatable bonds is 5. The third-order valence-electron chi connectivity index (χ3n) is 5.22. The predicted molar refractivity (Wildman–Crippen MR) is 102 cm³/mol. The highest BCUT2D eigenvalue weighted by atomic mass is 14.9. The van der Waals surface area contributed by atoms with Crippen molar-refractivity contribution in [3.05, 3.63) is 101 Å². The van der Waals surface area contributed by atoms with Crippen LogP contribution in [0.15, 0.2) is 79.0 Å². The lowest BCUT2D eigenvalue weighted by Crippen LogP contribution is -2.33. The molecular weight excluding hydrogens is 304 g/mol. The number of pyridine rings is 1. The van der Waals surface area contributed by atoms with E-state index in [1.165, 1.54) is 29.5 Å². The number of benzene rings is 2. The van der Waals surface area contributed by atoms with Crippen LogP contribution >= 0.6 is 0 Å². The molecule has 1 aromatic heterocycles. The zero-order chi connectivity index (χ0) is 16.9. The molecule has 2 heteroatoms. The van der Waals surface area contributed by atoms with E-state index in [0.717, 1.165) is 18.7 Å². The van der Waals surface area contributed by atoms with Gasteiger partial charge in [-0.15, -0.1) is 0 Å².